The van der Waals surface area contributed by atoms with Crippen molar-refractivity contribution in [3.63, 3.8) is 0 Å². The van der Waals surface area contributed by atoms with Crippen LogP contribution in [0.1, 0.15) is 18.1 Å². The second-order valence-corrected chi connectivity index (χ2v) is 5.66. The molecule has 0 spiro atoms. The van der Waals surface area contributed by atoms with E-state index >= 15 is 0 Å². The van der Waals surface area contributed by atoms with Gasteiger partial charge in [0.25, 0.3) is 0 Å². The number of hydrogen-bond donors (Lipinski definition) is 1. The third-order valence-corrected chi connectivity index (χ3v) is 4.13. The normalized spacial score (nSPS) is 10.8. The first kappa shape index (κ1) is 12.2. The van der Waals surface area contributed by atoms with Crippen LogP contribution in [0.5, 0.6) is 0 Å². The molecule has 0 saturated carbocycles. The van der Waals surface area contributed by atoms with Crippen LogP contribution < -0.4 is 5.32 Å². The highest BCUT2D eigenvalue weighted by Gasteiger charge is 2.06. The third-order valence-electron chi connectivity index (χ3n) is 3.18. The predicted molar refractivity (Wildman–Crippen MR) is 83.5 cm³/mol. The number of para-hydroxylation sites is 1. The van der Waals surface area contributed by atoms with Gasteiger partial charge in [0.1, 0.15) is 0 Å². The first-order valence-corrected chi connectivity index (χ1v) is 7.30. The van der Waals surface area contributed by atoms with E-state index in [9.17, 15) is 0 Å². The molecule has 3 aromatic rings. The van der Waals surface area contributed by atoms with E-state index in [1.807, 2.05) is 0 Å². The highest BCUT2D eigenvalue weighted by atomic mass is 32.1. The zero-order chi connectivity index (χ0) is 13.2. The van der Waals surface area contributed by atoms with E-state index in [4.69, 9.17) is 0 Å². The molecule has 0 atom stereocenters. The van der Waals surface area contributed by atoms with E-state index in [1.54, 1.807) is 11.3 Å². The van der Waals surface area contributed by atoms with Gasteiger partial charge in [-0.15, -0.1) is 0 Å². The molecule has 19 heavy (non-hydrogen) atoms. The number of benzene rings is 2. The first-order valence-electron chi connectivity index (χ1n) is 6.48. The van der Waals surface area contributed by atoms with Crippen LogP contribution in [0.25, 0.3) is 10.2 Å². The molecule has 2 nitrogen and oxygen atoms in total. The largest absolute Gasteiger partial charge is 0.331 e. The van der Waals surface area contributed by atoms with Crippen molar-refractivity contribution in [1.29, 1.82) is 0 Å². The van der Waals surface area contributed by atoms with Crippen molar-refractivity contribution < 1.29 is 0 Å². The van der Waals surface area contributed by atoms with Gasteiger partial charge in [-0.05, 0) is 42.7 Å². The zero-order valence-corrected chi connectivity index (χ0v) is 11.9. The van der Waals surface area contributed by atoms with Crippen LogP contribution >= 0.6 is 11.3 Å². The third kappa shape index (κ3) is 2.47. The second-order valence-electron chi connectivity index (χ2n) is 4.63. The number of thiazole rings is 1. The van der Waals surface area contributed by atoms with E-state index in [2.05, 4.69) is 66.6 Å². The number of nitrogens with zero attached hydrogens (tertiary/aromatic N) is 1. The van der Waals surface area contributed by atoms with Crippen molar-refractivity contribution in [2.24, 2.45) is 0 Å². The van der Waals surface area contributed by atoms with Crippen molar-refractivity contribution in [3.05, 3.63) is 53.6 Å². The van der Waals surface area contributed by atoms with Crippen LogP contribution in [0.2, 0.25) is 0 Å². The maximum Gasteiger partial charge on any atom is 0.188 e. The minimum Gasteiger partial charge on any atom is -0.331 e. The van der Waals surface area contributed by atoms with Gasteiger partial charge in [0.15, 0.2) is 5.13 Å². The highest BCUT2D eigenvalue weighted by molar-refractivity contribution is 7.22. The Hall–Kier alpha value is -1.87. The summed E-state index contributed by atoms with van der Waals surface area (Å²) in [4.78, 5) is 4.65. The molecular weight excluding hydrogens is 252 g/mol. The lowest BCUT2D eigenvalue weighted by atomic mass is 10.1. The summed E-state index contributed by atoms with van der Waals surface area (Å²) in [5.41, 5.74) is 4.79. The number of aryl methyl sites for hydroxylation is 2. The molecule has 96 valence electrons. The van der Waals surface area contributed by atoms with Gasteiger partial charge in [0.05, 0.1) is 10.2 Å². The van der Waals surface area contributed by atoms with Crippen molar-refractivity contribution in [2.45, 2.75) is 20.3 Å². The fourth-order valence-corrected chi connectivity index (χ4v) is 3.02. The Morgan fingerprint density at radius 1 is 1.16 bits per heavy atom. The Kier molecular flexibility index (Phi) is 3.22. The van der Waals surface area contributed by atoms with Crippen molar-refractivity contribution in [2.75, 3.05) is 5.32 Å². The molecule has 0 aliphatic rings. The molecule has 0 radical (unpaired) electrons. The van der Waals surface area contributed by atoms with Crippen LogP contribution in [0.4, 0.5) is 10.8 Å². The summed E-state index contributed by atoms with van der Waals surface area (Å²) in [7, 11) is 0. The maximum absolute atomic E-state index is 4.65. The Balaban J connectivity index is 1.96. The molecule has 0 aliphatic heterocycles. The van der Waals surface area contributed by atoms with Gasteiger partial charge in [-0.1, -0.05) is 42.5 Å². The fourth-order valence-electron chi connectivity index (χ4n) is 2.16. The molecule has 0 bridgehead atoms. The number of anilines is 2. The summed E-state index contributed by atoms with van der Waals surface area (Å²) >= 11 is 1.70. The van der Waals surface area contributed by atoms with Crippen molar-refractivity contribution in [1.82, 2.24) is 4.98 Å². The summed E-state index contributed by atoms with van der Waals surface area (Å²) in [5, 5.41) is 4.40. The lowest BCUT2D eigenvalue weighted by Crippen LogP contribution is -1.93. The number of aromatic nitrogens is 1. The summed E-state index contributed by atoms with van der Waals surface area (Å²) in [5.74, 6) is 0. The summed E-state index contributed by atoms with van der Waals surface area (Å²) < 4.78 is 1.22. The molecule has 1 aromatic heterocycles. The van der Waals surface area contributed by atoms with Gasteiger partial charge in [0.2, 0.25) is 0 Å². The topological polar surface area (TPSA) is 24.9 Å². The molecule has 0 aliphatic carbocycles. The van der Waals surface area contributed by atoms with E-state index in [0.29, 0.717) is 0 Å². The Morgan fingerprint density at radius 3 is 2.84 bits per heavy atom. The van der Waals surface area contributed by atoms with Gasteiger partial charge in [-0.3, -0.25) is 0 Å². The minimum absolute atomic E-state index is 0.960. The molecule has 0 saturated heterocycles. The average Bonchev–Trinajstić information content (AvgIpc) is 2.80. The van der Waals surface area contributed by atoms with E-state index in [-0.39, 0.29) is 0 Å². The standard InChI is InChI=1S/C16H16N2S/c1-3-12-6-4-5-7-13(12)17-16-18-14-10-11(2)8-9-15(14)19-16/h4-10H,3H2,1-2H3,(H,17,18). The molecule has 3 rings (SSSR count). The first-order chi connectivity index (χ1) is 9.26. The monoisotopic (exact) mass is 268 g/mol. The molecule has 0 amide bonds. The molecule has 0 unspecified atom stereocenters. The van der Waals surface area contributed by atoms with Crippen LogP contribution in [0, 0.1) is 6.92 Å². The Labute approximate surface area is 117 Å². The van der Waals surface area contributed by atoms with E-state index in [1.165, 1.54) is 15.8 Å². The lowest BCUT2D eigenvalue weighted by molar-refractivity contribution is 1.14. The number of fused-ring (bicyclic) bond motifs is 1. The van der Waals surface area contributed by atoms with Gasteiger partial charge < -0.3 is 5.32 Å². The van der Waals surface area contributed by atoms with E-state index < -0.39 is 0 Å². The van der Waals surface area contributed by atoms with Gasteiger partial charge in [-0.25, -0.2) is 4.98 Å². The molecule has 0 fully saturated rings. The predicted octanol–water partition coefficient (Wildman–Crippen LogP) is 4.91. The van der Waals surface area contributed by atoms with Crippen molar-refractivity contribution in [3.8, 4) is 0 Å². The number of nitrogens with one attached hydrogen (secondary N) is 1. The Morgan fingerprint density at radius 2 is 2.00 bits per heavy atom. The summed E-state index contributed by atoms with van der Waals surface area (Å²) in [6.45, 7) is 4.26. The van der Waals surface area contributed by atoms with Gasteiger partial charge in [-0.2, -0.15) is 0 Å². The minimum atomic E-state index is 0.960. The van der Waals surface area contributed by atoms with Crippen LogP contribution in [0.15, 0.2) is 42.5 Å². The van der Waals surface area contributed by atoms with Gasteiger partial charge >= 0.3 is 0 Å². The maximum atomic E-state index is 4.65. The number of hydrogen-bond acceptors (Lipinski definition) is 3. The molecule has 1 heterocycles. The zero-order valence-electron chi connectivity index (χ0n) is 11.1. The summed E-state index contributed by atoms with van der Waals surface area (Å²) in [6, 6.07) is 14.8. The molecule has 2 aromatic carbocycles. The smallest absolute Gasteiger partial charge is 0.188 e. The van der Waals surface area contributed by atoms with E-state index in [0.717, 1.165) is 22.8 Å². The quantitative estimate of drug-likeness (QED) is 0.730. The fraction of sp³-hybridized carbons (Fsp3) is 0.188. The lowest BCUT2D eigenvalue weighted by Gasteiger charge is -2.07. The molecule has 3 heteroatoms. The average molecular weight is 268 g/mol. The Bertz CT molecular complexity index is 716. The van der Waals surface area contributed by atoms with Crippen LogP contribution in [0.3, 0.4) is 0 Å². The SMILES string of the molecule is CCc1ccccc1Nc1nc2cc(C)ccc2s1. The molecular formula is C16H16N2S. The van der Waals surface area contributed by atoms with Crippen molar-refractivity contribution >= 4 is 32.4 Å². The summed E-state index contributed by atoms with van der Waals surface area (Å²) in [6.07, 6.45) is 1.02. The second kappa shape index (κ2) is 5.02. The molecule has 1 N–H and O–H groups in total. The highest BCUT2D eigenvalue weighted by Crippen LogP contribution is 2.30. The van der Waals surface area contributed by atoms with Gasteiger partial charge in [0, 0.05) is 5.69 Å². The number of rotatable bonds is 3. The van der Waals surface area contributed by atoms with Crippen LogP contribution in [-0.2, 0) is 6.42 Å². The van der Waals surface area contributed by atoms with Crippen LogP contribution in [-0.4, -0.2) is 4.98 Å².